The van der Waals surface area contributed by atoms with Gasteiger partial charge in [-0.25, -0.2) is 4.39 Å². The third kappa shape index (κ3) is 2.99. The lowest BCUT2D eigenvalue weighted by Crippen LogP contribution is -1.92. The van der Waals surface area contributed by atoms with Crippen LogP contribution in [0.4, 0.5) is 4.39 Å². The van der Waals surface area contributed by atoms with E-state index in [0.717, 1.165) is 28.6 Å². The molecule has 0 amide bonds. The zero-order valence-electron chi connectivity index (χ0n) is 7.52. The van der Waals surface area contributed by atoms with Crippen molar-refractivity contribution < 1.29 is 4.39 Å². The summed E-state index contributed by atoms with van der Waals surface area (Å²) in [5.74, 6) is -0.0976. The van der Waals surface area contributed by atoms with Gasteiger partial charge in [0.2, 0.25) is 0 Å². The smallest absolute Gasteiger partial charge is 0.137 e. The standard InChI is InChI=1S/C10H12BrFS/c1-13-10-8(5-3-7-11)4-2-6-9(10)12/h2,4,6H,3,5,7H2,1H3. The molecular formula is C10H12BrFS. The van der Waals surface area contributed by atoms with Crippen molar-refractivity contribution in [2.45, 2.75) is 17.7 Å². The summed E-state index contributed by atoms with van der Waals surface area (Å²) in [7, 11) is 0. The largest absolute Gasteiger partial charge is 0.206 e. The maximum Gasteiger partial charge on any atom is 0.137 e. The molecule has 0 radical (unpaired) electrons. The van der Waals surface area contributed by atoms with Crippen LogP contribution in [0.1, 0.15) is 12.0 Å². The van der Waals surface area contributed by atoms with Gasteiger partial charge in [-0.15, -0.1) is 11.8 Å². The Hall–Kier alpha value is -0.0200. The van der Waals surface area contributed by atoms with Gasteiger partial charge in [-0.05, 0) is 30.7 Å². The van der Waals surface area contributed by atoms with Crippen molar-refractivity contribution in [2.75, 3.05) is 11.6 Å². The number of halogens is 2. The molecule has 3 heteroatoms. The van der Waals surface area contributed by atoms with E-state index in [1.165, 1.54) is 17.8 Å². The Bertz CT molecular complexity index is 276. The second-order valence-electron chi connectivity index (χ2n) is 2.72. The van der Waals surface area contributed by atoms with E-state index in [-0.39, 0.29) is 5.82 Å². The molecular weight excluding hydrogens is 251 g/mol. The van der Waals surface area contributed by atoms with Crippen LogP contribution in [-0.2, 0) is 6.42 Å². The van der Waals surface area contributed by atoms with Crippen LogP contribution in [0.2, 0.25) is 0 Å². The monoisotopic (exact) mass is 262 g/mol. The van der Waals surface area contributed by atoms with Crippen LogP contribution in [0.5, 0.6) is 0 Å². The normalized spacial score (nSPS) is 10.4. The highest BCUT2D eigenvalue weighted by atomic mass is 79.9. The molecule has 0 saturated carbocycles. The number of benzene rings is 1. The minimum atomic E-state index is -0.0976. The maximum absolute atomic E-state index is 13.2. The van der Waals surface area contributed by atoms with Crippen molar-refractivity contribution in [1.82, 2.24) is 0 Å². The van der Waals surface area contributed by atoms with Gasteiger partial charge >= 0.3 is 0 Å². The predicted molar refractivity (Wildman–Crippen MR) is 60.3 cm³/mol. The minimum absolute atomic E-state index is 0.0976. The van der Waals surface area contributed by atoms with Gasteiger partial charge in [0.25, 0.3) is 0 Å². The summed E-state index contributed by atoms with van der Waals surface area (Å²) in [6, 6.07) is 5.29. The van der Waals surface area contributed by atoms with E-state index in [1.54, 1.807) is 6.07 Å². The van der Waals surface area contributed by atoms with Gasteiger partial charge in [-0.2, -0.15) is 0 Å². The molecule has 13 heavy (non-hydrogen) atoms. The molecule has 1 rings (SSSR count). The van der Waals surface area contributed by atoms with Gasteiger partial charge in [-0.1, -0.05) is 28.1 Å². The molecule has 0 N–H and O–H groups in total. The lowest BCUT2D eigenvalue weighted by atomic mass is 10.1. The number of aryl methyl sites for hydroxylation is 1. The summed E-state index contributed by atoms with van der Waals surface area (Å²) in [5.41, 5.74) is 1.12. The van der Waals surface area contributed by atoms with Crippen LogP contribution in [0.25, 0.3) is 0 Å². The molecule has 0 heterocycles. The molecule has 0 atom stereocenters. The van der Waals surface area contributed by atoms with Crippen LogP contribution < -0.4 is 0 Å². The Kier molecular flexibility index (Phi) is 4.81. The summed E-state index contributed by atoms with van der Waals surface area (Å²) < 4.78 is 13.2. The van der Waals surface area contributed by atoms with Crippen molar-refractivity contribution in [3.05, 3.63) is 29.6 Å². The Morgan fingerprint density at radius 1 is 1.46 bits per heavy atom. The molecule has 0 fully saturated rings. The van der Waals surface area contributed by atoms with Gasteiger partial charge in [0.15, 0.2) is 0 Å². The van der Waals surface area contributed by atoms with Crippen LogP contribution in [-0.4, -0.2) is 11.6 Å². The fourth-order valence-corrected chi connectivity index (χ4v) is 2.21. The molecule has 0 aliphatic rings. The Balaban J connectivity index is 2.85. The highest BCUT2D eigenvalue weighted by Gasteiger charge is 2.05. The zero-order valence-corrected chi connectivity index (χ0v) is 9.92. The van der Waals surface area contributed by atoms with Crippen LogP contribution >= 0.6 is 27.7 Å². The van der Waals surface area contributed by atoms with Crippen molar-refractivity contribution >= 4 is 27.7 Å². The fraction of sp³-hybridized carbons (Fsp3) is 0.400. The van der Waals surface area contributed by atoms with Gasteiger partial charge in [-0.3, -0.25) is 0 Å². The van der Waals surface area contributed by atoms with Crippen molar-refractivity contribution in [2.24, 2.45) is 0 Å². The summed E-state index contributed by atoms with van der Waals surface area (Å²) in [6.45, 7) is 0. The zero-order chi connectivity index (χ0) is 9.68. The van der Waals surface area contributed by atoms with E-state index in [9.17, 15) is 4.39 Å². The van der Waals surface area contributed by atoms with Gasteiger partial charge in [0, 0.05) is 10.2 Å². The number of rotatable bonds is 4. The second kappa shape index (κ2) is 5.66. The van der Waals surface area contributed by atoms with E-state index < -0.39 is 0 Å². The SMILES string of the molecule is CSc1c(F)cccc1CCCBr. The van der Waals surface area contributed by atoms with Crippen molar-refractivity contribution in [3.63, 3.8) is 0 Å². The fourth-order valence-electron chi connectivity index (χ4n) is 1.24. The quantitative estimate of drug-likeness (QED) is 0.587. The Morgan fingerprint density at radius 2 is 2.23 bits per heavy atom. The maximum atomic E-state index is 13.2. The molecule has 1 aromatic carbocycles. The lowest BCUT2D eigenvalue weighted by molar-refractivity contribution is 0.596. The highest BCUT2D eigenvalue weighted by Crippen LogP contribution is 2.24. The summed E-state index contributed by atoms with van der Waals surface area (Å²) >= 11 is 4.85. The Labute approximate surface area is 91.0 Å². The van der Waals surface area contributed by atoms with Gasteiger partial charge < -0.3 is 0 Å². The van der Waals surface area contributed by atoms with E-state index in [4.69, 9.17) is 0 Å². The predicted octanol–water partition coefficient (Wildman–Crippen LogP) is 3.88. The second-order valence-corrected chi connectivity index (χ2v) is 4.33. The topological polar surface area (TPSA) is 0 Å². The first-order valence-electron chi connectivity index (χ1n) is 4.17. The van der Waals surface area contributed by atoms with E-state index >= 15 is 0 Å². The first kappa shape index (κ1) is 11.1. The first-order valence-corrected chi connectivity index (χ1v) is 6.51. The highest BCUT2D eigenvalue weighted by molar-refractivity contribution is 9.09. The van der Waals surface area contributed by atoms with E-state index in [2.05, 4.69) is 15.9 Å². The summed E-state index contributed by atoms with van der Waals surface area (Å²) in [4.78, 5) is 0.795. The number of alkyl halides is 1. The average molecular weight is 263 g/mol. The summed E-state index contributed by atoms with van der Waals surface area (Å²) in [6.07, 6.45) is 3.91. The molecule has 0 aliphatic carbocycles. The third-order valence-electron chi connectivity index (χ3n) is 1.83. The molecule has 1 aromatic rings. The van der Waals surface area contributed by atoms with Crippen molar-refractivity contribution in [1.29, 1.82) is 0 Å². The molecule has 0 spiro atoms. The molecule has 0 saturated heterocycles. The van der Waals surface area contributed by atoms with Gasteiger partial charge in [0.05, 0.1) is 0 Å². The van der Waals surface area contributed by atoms with Crippen LogP contribution in [0, 0.1) is 5.82 Å². The first-order chi connectivity index (χ1) is 6.29. The molecule has 0 aliphatic heterocycles. The molecule has 0 bridgehead atoms. The van der Waals surface area contributed by atoms with Crippen LogP contribution in [0.3, 0.4) is 0 Å². The molecule has 72 valence electrons. The molecule has 0 aromatic heterocycles. The minimum Gasteiger partial charge on any atom is -0.206 e. The van der Waals surface area contributed by atoms with Gasteiger partial charge in [0.1, 0.15) is 5.82 Å². The lowest BCUT2D eigenvalue weighted by Gasteiger charge is -2.06. The number of hydrogen-bond acceptors (Lipinski definition) is 1. The number of thioether (sulfide) groups is 1. The van der Waals surface area contributed by atoms with E-state index in [0.29, 0.717) is 0 Å². The Morgan fingerprint density at radius 3 is 2.85 bits per heavy atom. The number of hydrogen-bond donors (Lipinski definition) is 0. The van der Waals surface area contributed by atoms with E-state index in [1.807, 2.05) is 12.3 Å². The van der Waals surface area contributed by atoms with Crippen molar-refractivity contribution in [3.8, 4) is 0 Å². The summed E-state index contributed by atoms with van der Waals surface area (Å²) in [5, 5.41) is 0.970. The third-order valence-corrected chi connectivity index (χ3v) is 3.26. The molecule has 0 nitrogen and oxygen atoms in total. The van der Waals surface area contributed by atoms with Crippen LogP contribution in [0.15, 0.2) is 23.1 Å². The average Bonchev–Trinajstić information content (AvgIpc) is 2.15. The molecule has 0 unspecified atom stereocenters.